The lowest BCUT2D eigenvalue weighted by atomic mass is 10.3. The van der Waals surface area contributed by atoms with Crippen LogP contribution in [0.15, 0.2) is 0 Å². The number of thiol groups is 1. The molecule has 0 heterocycles. The summed E-state index contributed by atoms with van der Waals surface area (Å²) < 4.78 is 0. The lowest BCUT2D eigenvalue weighted by Crippen LogP contribution is -2.15. The SMILES string of the molecule is O=C(S)CC(Cl)C(=O)O. The van der Waals surface area contributed by atoms with Crippen LogP contribution in [0.1, 0.15) is 6.42 Å². The van der Waals surface area contributed by atoms with Crippen LogP contribution >= 0.6 is 24.2 Å². The highest BCUT2D eigenvalue weighted by Crippen LogP contribution is 2.03. The molecule has 1 N–H and O–H groups in total. The fraction of sp³-hybridized carbons (Fsp3) is 0.500. The molecule has 0 amide bonds. The first-order chi connectivity index (χ1) is 4.04. The number of rotatable bonds is 3. The Hall–Kier alpha value is -0.220. The van der Waals surface area contributed by atoms with Crippen LogP contribution in [0.5, 0.6) is 0 Å². The first-order valence-electron chi connectivity index (χ1n) is 2.12. The largest absolute Gasteiger partial charge is 0.480 e. The molecule has 0 radical (unpaired) electrons. The minimum atomic E-state index is -1.20. The van der Waals surface area contributed by atoms with Gasteiger partial charge in [-0.2, -0.15) is 0 Å². The van der Waals surface area contributed by atoms with Crippen LogP contribution in [0, 0.1) is 0 Å². The fourth-order valence-corrected chi connectivity index (χ4v) is 0.671. The van der Waals surface area contributed by atoms with E-state index in [2.05, 4.69) is 12.6 Å². The maximum absolute atomic E-state index is 10.1. The zero-order chi connectivity index (χ0) is 7.44. The third-order valence-electron chi connectivity index (χ3n) is 0.622. The van der Waals surface area contributed by atoms with Gasteiger partial charge < -0.3 is 5.11 Å². The van der Waals surface area contributed by atoms with Gasteiger partial charge in [-0.05, 0) is 0 Å². The molecule has 0 aliphatic rings. The Labute approximate surface area is 62.4 Å². The Morgan fingerprint density at radius 1 is 1.67 bits per heavy atom. The highest BCUT2D eigenvalue weighted by Gasteiger charge is 2.15. The Bertz CT molecular complexity index is 136. The maximum Gasteiger partial charge on any atom is 0.322 e. The van der Waals surface area contributed by atoms with E-state index < -0.39 is 16.5 Å². The van der Waals surface area contributed by atoms with Crippen molar-refractivity contribution in [2.24, 2.45) is 0 Å². The predicted octanol–water partition coefficient (Wildman–Crippen LogP) is 0.525. The maximum atomic E-state index is 10.1. The van der Waals surface area contributed by atoms with Crippen molar-refractivity contribution in [3.63, 3.8) is 0 Å². The van der Waals surface area contributed by atoms with Gasteiger partial charge in [0.2, 0.25) is 0 Å². The number of carboxylic acids is 1. The summed E-state index contributed by atoms with van der Waals surface area (Å²) in [7, 11) is 0. The van der Waals surface area contributed by atoms with Crippen molar-refractivity contribution in [3.05, 3.63) is 0 Å². The number of halogens is 1. The number of hydrogen-bond acceptors (Lipinski definition) is 2. The number of carbonyl (C=O) groups excluding carboxylic acids is 1. The minimum Gasteiger partial charge on any atom is -0.480 e. The van der Waals surface area contributed by atoms with Crippen molar-refractivity contribution in [3.8, 4) is 0 Å². The second kappa shape index (κ2) is 3.74. The topological polar surface area (TPSA) is 54.4 Å². The van der Waals surface area contributed by atoms with Gasteiger partial charge in [-0.25, -0.2) is 0 Å². The summed E-state index contributed by atoms with van der Waals surface area (Å²) in [6.45, 7) is 0. The van der Waals surface area contributed by atoms with Crippen LogP contribution in [0.4, 0.5) is 0 Å². The molecule has 0 aromatic carbocycles. The van der Waals surface area contributed by atoms with E-state index in [4.69, 9.17) is 16.7 Å². The monoisotopic (exact) mass is 168 g/mol. The molecule has 0 saturated heterocycles. The summed E-state index contributed by atoms with van der Waals surface area (Å²) >= 11 is 8.49. The number of carboxylic acid groups (broad SMARTS) is 1. The molecule has 0 rings (SSSR count). The molecule has 0 aromatic heterocycles. The van der Waals surface area contributed by atoms with Gasteiger partial charge in [0.1, 0.15) is 5.38 Å². The van der Waals surface area contributed by atoms with Crippen molar-refractivity contribution >= 4 is 35.3 Å². The summed E-state index contributed by atoms with van der Waals surface area (Å²) in [6, 6.07) is 0. The number of carbonyl (C=O) groups is 2. The van der Waals surface area contributed by atoms with E-state index in [9.17, 15) is 9.59 Å². The molecule has 5 heteroatoms. The quantitative estimate of drug-likeness (QED) is 0.477. The molecule has 3 nitrogen and oxygen atoms in total. The van der Waals surface area contributed by atoms with Crippen molar-refractivity contribution in [2.45, 2.75) is 11.8 Å². The van der Waals surface area contributed by atoms with Gasteiger partial charge in [0.15, 0.2) is 5.12 Å². The first-order valence-corrected chi connectivity index (χ1v) is 3.01. The zero-order valence-electron chi connectivity index (χ0n) is 4.37. The standard InChI is InChI=1S/C4H5ClO3S/c5-2(4(7)8)1-3(6)9/h2H,1H2,(H,6,9)(H,7,8). The van der Waals surface area contributed by atoms with Crippen LogP contribution in [0.3, 0.4) is 0 Å². The van der Waals surface area contributed by atoms with Crippen LogP contribution in [0.2, 0.25) is 0 Å². The normalized spacial score (nSPS) is 12.7. The molecule has 0 fully saturated rings. The van der Waals surface area contributed by atoms with Gasteiger partial charge >= 0.3 is 5.97 Å². The van der Waals surface area contributed by atoms with E-state index in [0.717, 1.165) is 0 Å². The summed E-state index contributed by atoms with van der Waals surface area (Å²) in [5.74, 6) is -1.20. The van der Waals surface area contributed by atoms with Crippen LogP contribution < -0.4 is 0 Å². The summed E-state index contributed by atoms with van der Waals surface area (Å²) in [6.07, 6.45) is -0.236. The molecule has 0 bridgehead atoms. The number of aliphatic carboxylic acids is 1. The summed E-state index contributed by atoms with van der Waals surface area (Å²) in [5.41, 5.74) is 0. The molecule has 0 spiro atoms. The summed E-state index contributed by atoms with van der Waals surface area (Å²) in [5, 5.41) is 6.45. The molecule has 1 atom stereocenters. The number of hydrogen-bond donors (Lipinski definition) is 2. The van der Waals surface area contributed by atoms with E-state index in [1.54, 1.807) is 0 Å². The predicted molar refractivity (Wildman–Crippen MR) is 35.9 cm³/mol. The Kier molecular flexibility index (Phi) is 3.65. The van der Waals surface area contributed by atoms with E-state index >= 15 is 0 Å². The molecular formula is C4H5ClO3S. The third-order valence-corrected chi connectivity index (χ3v) is 1.15. The Balaban J connectivity index is 3.63. The zero-order valence-corrected chi connectivity index (χ0v) is 6.02. The van der Waals surface area contributed by atoms with Crippen molar-refractivity contribution < 1.29 is 14.7 Å². The molecule has 0 aliphatic carbocycles. The lowest BCUT2D eigenvalue weighted by Gasteiger charge is -1.96. The molecule has 9 heavy (non-hydrogen) atoms. The summed E-state index contributed by atoms with van der Waals surface area (Å²) in [4.78, 5) is 20.0. The highest BCUT2D eigenvalue weighted by molar-refractivity contribution is 7.96. The van der Waals surface area contributed by atoms with Gasteiger partial charge in [-0.3, -0.25) is 9.59 Å². The third kappa shape index (κ3) is 4.29. The van der Waals surface area contributed by atoms with E-state index in [1.807, 2.05) is 0 Å². The van der Waals surface area contributed by atoms with Crippen LogP contribution in [-0.4, -0.2) is 21.6 Å². The van der Waals surface area contributed by atoms with Crippen molar-refractivity contribution in [1.82, 2.24) is 0 Å². The average Bonchev–Trinajstić information content (AvgIpc) is 1.63. The Morgan fingerprint density at radius 3 is 2.22 bits per heavy atom. The fourth-order valence-electron chi connectivity index (χ4n) is 0.241. The van der Waals surface area contributed by atoms with Crippen molar-refractivity contribution in [1.29, 1.82) is 0 Å². The van der Waals surface area contributed by atoms with Crippen LogP contribution in [0.25, 0.3) is 0 Å². The first kappa shape index (κ1) is 8.78. The molecular weight excluding hydrogens is 164 g/mol. The molecule has 1 unspecified atom stereocenters. The van der Waals surface area contributed by atoms with Gasteiger partial charge in [0, 0.05) is 6.42 Å². The van der Waals surface area contributed by atoms with Crippen molar-refractivity contribution in [2.75, 3.05) is 0 Å². The van der Waals surface area contributed by atoms with E-state index in [0.29, 0.717) is 0 Å². The minimum absolute atomic E-state index is 0.236. The molecule has 52 valence electrons. The highest BCUT2D eigenvalue weighted by atomic mass is 35.5. The second-order valence-corrected chi connectivity index (χ2v) is 2.43. The molecule has 0 aromatic rings. The average molecular weight is 169 g/mol. The number of alkyl halides is 1. The lowest BCUT2D eigenvalue weighted by molar-refractivity contribution is -0.137. The van der Waals surface area contributed by atoms with Gasteiger partial charge in [0.25, 0.3) is 0 Å². The van der Waals surface area contributed by atoms with E-state index in [1.165, 1.54) is 0 Å². The van der Waals surface area contributed by atoms with Gasteiger partial charge in [-0.1, -0.05) is 0 Å². The Morgan fingerprint density at radius 2 is 2.11 bits per heavy atom. The van der Waals surface area contributed by atoms with Gasteiger partial charge in [-0.15, -0.1) is 24.2 Å². The van der Waals surface area contributed by atoms with Crippen LogP contribution in [-0.2, 0) is 9.59 Å². The second-order valence-electron chi connectivity index (χ2n) is 1.40. The van der Waals surface area contributed by atoms with E-state index in [-0.39, 0.29) is 6.42 Å². The smallest absolute Gasteiger partial charge is 0.322 e. The molecule has 0 aliphatic heterocycles. The molecule has 0 saturated carbocycles. The van der Waals surface area contributed by atoms with Gasteiger partial charge in [0.05, 0.1) is 0 Å².